The van der Waals surface area contributed by atoms with Crippen molar-refractivity contribution in [2.75, 3.05) is 13.1 Å². The van der Waals surface area contributed by atoms with Crippen LogP contribution >= 0.6 is 0 Å². The number of aliphatic hydroxyl groups excluding tert-OH is 1. The van der Waals surface area contributed by atoms with E-state index in [0.29, 0.717) is 23.7 Å². The van der Waals surface area contributed by atoms with Crippen molar-refractivity contribution >= 4 is 5.91 Å². The fourth-order valence-corrected chi connectivity index (χ4v) is 3.88. The SMILES string of the molecule is O=C(NC1CC1)C1CN2CCC1CC2Cn1cc(CO)nn1. The van der Waals surface area contributed by atoms with E-state index in [2.05, 4.69) is 20.5 Å². The molecule has 3 saturated heterocycles. The van der Waals surface area contributed by atoms with Crippen LogP contribution in [0.4, 0.5) is 0 Å². The highest BCUT2D eigenvalue weighted by Gasteiger charge is 2.44. The molecule has 1 aliphatic carbocycles. The van der Waals surface area contributed by atoms with Crippen LogP contribution < -0.4 is 5.32 Å². The first-order valence-corrected chi connectivity index (χ1v) is 8.27. The number of carbonyl (C=O) groups is 1. The zero-order valence-corrected chi connectivity index (χ0v) is 12.7. The van der Waals surface area contributed by atoms with Gasteiger partial charge in [0.2, 0.25) is 5.91 Å². The van der Waals surface area contributed by atoms with Crippen molar-refractivity contribution < 1.29 is 9.90 Å². The third-order valence-corrected chi connectivity index (χ3v) is 5.28. The maximum atomic E-state index is 12.4. The highest BCUT2D eigenvalue weighted by molar-refractivity contribution is 5.80. The van der Waals surface area contributed by atoms with Gasteiger partial charge in [-0.2, -0.15) is 0 Å². The van der Waals surface area contributed by atoms with Crippen LogP contribution in [0, 0.1) is 11.8 Å². The summed E-state index contributed by atoms with van der Waals surface area (Å²) in [7, 11) is 0. The second-order valence-electron chi connectivity index (χ2n) is 6.91. The topological polar surface area (TPSA) is 83.3 Å². The molecule has 1 saturated carbocycles. The van der Waals surface area contributed by atoms with Crippen LogP contribution in [0.5, 0.6) is 0 Å². The number of piperidine rings is 3. The molecule has 3 aliphatic heterocycles. The second kappa shape index (κ2) is 5.62. The standard InChI is InChI=1S/C15H23N5O2/c21-9-12-6-20(18-17-12)7-13-5-10-3-4-19(13)8-14(10)15(22)16-11-1-2-11/h6,10-11,13-14,21H,1-5,7-9H2,(H,16,22). The molecule has 120 valence electrons. The molecule has 22 heavy (non-hydrogen) atoms. The Bertz CT molecular complexity index is 556. The summed E-state index contributed by atoms with van der Waals surface area (Å²) >= 11 is 0. The molecule has 5 rings (SSSR count). The van der Waals surface area contributed by atoms with E-state index in [1.807, 2.05) is 4.68 Å². The average molecular weight is 305 g/mol. The molecule has 0 aromatic carbocycles. The third-order valence-electron chi connectivity index (χ3n) is 5.28. The second-order valence-corrected chi connectivity index (χ2v) is 6.91. The molecule has 7 heteroatoms. The normalized spacial score (nSPS) is 33.9. The van der Waals surface area contributed by atoms with Gasteiger partial charge in [0.25, 0.3) is 0 Å². The van der Waals surface area contributed by atoms with Gasteiger partial charge in [0.1, 0.15) is 5.69 Å². The van der Waals surface area contributed by atoms with E-state index >= 15 is 0 Å². The molecular weight excluding hydrogens is 282 g/mol. The Balaban J connectivity index is 1.38. The van der Waals surface area contributed by atoms with Gasteiger partial charge in [-0.25, -0.2) is 0 Å². The van der Waals surface area contributed by atoms with Crippen LogP contribution in [-0.4, -0.2) is 56.1 Å². The Morgan fingerprint density at radius 2 is 2.27 bits per heavy atom. The van der Waals surface area contributed by atoms with E-state index in [1.165, 1.54) is 0 Å². The smallest absolute Gasteiger partial charge is 0.224 e. The predicted octanol–water partition coefficient (Wildman–Crippen LogP) is -0.241. The molecule has 4 fully saturated rings. The van der Waals surface area contributed by atoms with Crippen molar-refractivity contribution in [1.29, 1.82) is 0 Å². The quantitative estimate of drug-likeness (QED) is 0.784. The highest BCUT2D eigenvalue weighted by Crippen LogP contribution is 2.37. The molecule has 4 aliphatic rings. The molecule has 7 nitrogen and oxygen atoms in total. The lowest BCUT2D eigenvalue weighted by Crippen LogP contribution is -2.58. The fraction of sp³-hybridized carbons (Fsp3) is 0.800. The van der Waals surface area contributed by atoms with Crippen LogP contribution in [0.15, 0.2) is 6.20 Å². The lowest BCUT2D eigenvalue weighted by atomic mass is 9.75. The first-order valence-electron chi connectivity index (χ1n) is 8.27. The summed E-state index contributed by atoms with van der Waals surface area (Å²) in [6.45, 7) is 2.67. The molecule has 2 bridgehead atoms. The van der Waals surface area contributed by atoms with E-state index < -0.39 is 0 Å². The number of nitrogens with zero attached hydrogens (tertiary/aromatic N) is 4. The molecule has 2 N–H and O–H groups in total. The largest absolute Gasteiger partial charge is 0.390 e. The monoisotopic (exact) mass is 305 g/mol. The minimum Gasteiger partial charge on any atom is -0.390 e. The Morgan fingerprint density at radius 1 is 1.41 bits per heavy atom. The summed E-state index contributed by atoms with van der Waals surface area (Å²) in [5.41, 5.74) is 0.609. The maximum Gasteiger partial charge on any atom is 0.224 e. The van der Waals surface area contributed by atoms with Crippen molar-refractivity contribution in [1.82, 2.24) is 25.2 Å². The van der Waals surface area contributed by atoms with Crippen molar-refractivity contribution in [2.24, 2.45) is 11.8 Å². The third kappa shape index (κ3) is 2.75. The molecular formula is C15H23N5O2. The van der Waals surface area contributed by atoms with Crippen LogP contribution in [0.2, 0.25) is 0 Å². The van der Waals surface area contributed by atoms with Crippen molar-refractivity contribution in [3.63, 3.8) is 0 Å². The van der Waals surface area contributed by atoms with E-state index in [-0.39, 0.29) is 18.4 Å². The number of fused-ring (bicyclic) bond motifs is 3. The minimum atomic E-state index is -0.0690. The highest BCUT2D eigenvalue weighted by atomic mass is 16.3. The average Bonchev–Trinajstić information content (AvgIpc) is 3.24. The van der Waals surface area contributed by atoms with Crippen LogP contribution in [0.25, 0.3) is 0 Å². The number of nitrogens with one attached hydrogen (secondary N) is 1. The summed E-state index contributed by atoms with van der Waals surface area (Å²) < 4.78 is 1.82. The summed E-state index contributed by atoms with van der Waals surface area (Å²) in [6.07, 6.45) is 6.28. The van der Waals surface area contributed by atoms with E-state index in [1.54, 1.807) is 6.20 Å². The summed E-state index contributed by atoms with van der Waals surface area (Å²) in [4.78, 5) is 14.8. The van der Waals surface area contributed by atoms with E-state index in [4.69, 9.17) is 5.11 Å². The zero-order valence-electron chi connectivity index (χ0n) is 12.7. The number of rotatable bonds is 5. The Morgan fingerprint density at radius 3 is 2.91 bits per heavy atom. The predicted molar refractivity (Wildman–Crippen MR) is 78.7 cm³/mol. The van der Waals surface area contributed by atoms with Crippen LogP contribution in [0.3, 0.4) is 0 Å². The van der Waals surface area contributed by atoms with Gasteiger partial charge in [-0.15, -0.1) is 5.10 Å². The number of hydrogen-bond acceptors (Lipinski definition) is 5. The number of carbonyl (C=O) groups excluding carboxylic acids is 1. The van der Waals surface area contributed by atoms with Crippen molar-refractivity contribution in [2.45, 2.75) is 50.9 Å². The Hall–Kier alpha value is -1.47. The van der Waals surface area contributed by atoms with Crippen LogP contribution in [-0.2, 0) is 17.9 Å². The number of hydrogen-bond donors (Lipinski definition) is 2. The fourth-order valence-electron chi connectivity index (χ4n) is 3.88. The summed E-state index contributed by atoms with van der Waals surface area (Å²) in [5, 5.41) is 20.2. The molecule has 0 radical (unpaired) electrons. The van der Waals surface area contributed by atoms with Gasteiger partial charge < -0.3 is 10.4 Å². The first kappa shape index (κ1) is 14.1. The van der Waals surface area contributed by atoms with Gasteiger partial charge in [-0.05, 0) is 38.1 Å². The molecule has 1 aromatic heterocycles. The maximum absolute atomic E-state index is 12.4. The summed E-state index contributed by atoms with van der Waals surface area (Å²) in [5.74, 6) is 0.919. The molecule has 4 heterocycles. The van der Waals surface area contributed by atoms with E-state index in [9.17, 15) is 4.79 Å². The van der Waals surface area contributed by atoms with Gasteiger partial charge in [0.05, 0.1) is 25.3 Å². The first-order chi connectivity index (χ1) is 10.7. The zero-order chi connectivity index (χ0) is 15.1. The van der Waals surface area contributed by atoms with Crippen molar-refractivity contribution in [3.05, 3.63) is 11.9 Å². The van der Waals surface area contributed by atoms with Gasteiger partial charge in [0, 0.05) is 18.6 Å². The Kier molecular flexibility index (Phi) is 3.62. The number of amides is 1. The lowest BCUT2D eigenvalue weighted by Gasteiger charge is -2.49. The number of aromatic nitrogens is 3. The van der Waals surface area contributed by atoms with Gasteiger partial charge in [0.15, 0.2) is 0 Å². The van der Waals surface area contributed by atoms with E-state index in [0.717, 1.165) is 45.3 Å². The summed E-state index contributed by atoms with van der Waals surface area (Å²) in [6, 6.07) is 0.878. The molecule has 1 aromatic rings. The molecule has 1 amide bonds. The molecule has 0 spiro atoms. The lowest BCUT2D eigenvalue weighted by molar-refractivity contribution is -0.133. The van der Waals surface area contributed by atoms with Gasteiger partial charge >= 0.3 is 0 Å². The van der Waals surface area contributed by atoms with Gasteiger partial charge in [-0.3, -0.25) is 14.4 Å². The van der Waals surface area contributed by atoms with Gasteiger partial charge in [-0.1, -0.05) is 5.21 Å². The Labute approximate surface area is 129 Å². The molecule has 4 atom stereocenters. The minimum absolute atomic E-state index is 0.0690. The van der Waals surface area contributed by atoms with Crippen LogP contribution in [0.1, 0.15) is 31.4 Å². The molecule has 4 unspecified atom stereocenters. The van der Waals surface area contributed by atoms with Crippen molar-refractivity contribution in [3.8, 4) is 0 Å². The number of aliphatic hydroxyl groups is 1.